The molecular weight excluding hydrogens is 246 g/mol. The van der Waals surface area contributed by atoms with E-state index in [0.717, 1.165) is 37.3 Å². The van der Waals surface area contributed by atoms with E-state index in [1.54, 1.807) is 0 Å². The minimum atomic E-state index is 0.126. The summed E-state index contributed by atoms with van der Waals surface area (Å²) in [7, 11) is 0. The molecule has 1 aliphatic heterocycles. The van der Waals surface area contributed by atoms with Crippen LogP contribution in [0.4, 0.5) is 0 Å². The largest absolute Gasteiger partial charge is 0.381 e. The Hall–Kier alpha value is -1.12. The number of alkyl halides is 1. The second-order valence-electron chi connectivity index (χ2n) is 4.84. The second-order valence-corrected chi connectivity index (χ2v) is 5.40. The van der Waals surface area contributed by atoms with Gasteiger partial charge in [0.25, 0.3) is 0 Å². The lowest BCUT2D eigenvalue weighted by Crippen LogP contribution is -2.18. The molecule has 0 spiro atoms. The molecule has 0 aliphatic carbocycles. The molecule has 3 heteroatoms. The normalized spacial score (nSPS) is 21.3. The number of benzene rings is 1. The fraction of sp³-hybridized carbons (Fsp3) is 0.400. The van der Waals surface area contributed by atoms with Crippen molar-refractivity contribution in [1.82, 2.24) is 4.98 Å². The summed E-state index contributed by atoms with van der Waals surface area (Å²) in [5.74, 6) is 0.472. The maximum atomic E-state index is 6.45. The first-order valence-corrected chi connectivity index (χ1v) is 6.83. The number of pyridine rings is 1. The van der Waals surface area contributed by atoms with Gasteiger partial charge >= 0.3 is 0 Å². The summed E-state index contributed by atoms with van der Waals surface area (Å²) in [6.45, 7) is 1.64. The highest BCUT2D eigenvalue weighted by molar-refractivity contribution is 6.20. The van der Waals surface area contributed by atoms with Crippen LogP contribution in [0.3, 0.4) is 0 Å². The molecule has 18 heavy (non-hydrogen) atoms. The van der Waals surface area contributed by atoms with Gasteiger partial charge in [-0.25, -0.2) is 0 Å². The monoisotopic (exact) mass is 261 g/mol. The number of hydrogen-bond donors (Lipinski definition) is 0. The number of para-hydroxylation sites is 1. The van der Waals surface area contributed by atoms with Gasteiger partial charge in [0, 0.05) is 35.4 Å². The first-order valence-electron chi connectivity index (χ1n) is 6.39. The van der Waals surface area contributed by atoms with Gasteiger partial charge in [-0.05, 0) is 18.6 Å². The Morgan fingerprint density at radius 3 is 3.00 bits per heavy atom. The van der Waals surface area contributed by atoms with Crippen molar-refractivity contribution < 1.29 is 4.74 Å². The molecule has 0 bridgehead atoms. The SMILES string of the molecule is ClC(Cc1ccc2ccccc2n1)C1CCOC1. The Morgan fingerprint density at radius 2 is 2.17 bits per heavy atom. The summed E-state index contributed by atoms with van der Waals surface area (Å²) < 4.78 is 5.38. The summed E-state index contributed by atoms with van der Waals surface area (Å²) in [5.41, 5.74) is 2.11. The summed E-state index contributed by atoms with van der Waals surface area (Å²) in [5, 5.41) is 1.30. The van der Waals surface area contributed by atoms with Crippen LogP contribution in [0.15, 0.2) is 36.4 Å². The number of ether oxygens (including phenoxy) is 1. The molecule has 94 valence electrons. The van der Waals surface area contributed by atoms with Crippen LogP contribution in [0.2, 0.25) is 0 Å². The van der Waals surface area contributed by atoms with Gasteiger partial charge in [0.2, 0.25) is 0 Å². The van der Waals surface area contributed by atoms with Gasteiger partial charge < -0.3 is 4.74 Å². The highest BCUT2D eigenvalue weighted by Gasteiger charge is 2.24. The molecule has 3 rings (SSSR count). The molecule has 1 saturated heterocycles. The van der Waals surface area contributed by atoms with Crippen LogP contribution in [-0.2, 0) is 11.2 Å². The Balaban J connectivity index is 1.77. The average molecular weight is 262 g/mol. The van der Waals surface area contributed by atoms with Crippen LogP contribution in [0.1, 0.15) is 12.1 Å². The van der Waals surface area contributed by atoms with Crippen molar-refractivity contribution in [3.05, 3.63) is 42.1 Å². The van der Waals surface area contributed by atoms with Crippen molar-refractivity contribution in [2.75, 3.05) is 13.2 Å². The molecule has 2 unspecified atom stereocenters. The Labute approximate surface area is 112 Å². The van der Waals surface area contributed by atoms with Gasteiger partial charge in [-0.3, -0.25) is 4.98 Å². The van der Waals surface area contributed by atoms with Crippen LogP contribution in [0.25, 0.3) is 10.9 Å². The third-order valence-electron chi connectivity index (χ3n) is 3.54. The van der Waals surface area contributed by atoms with E-state index in [9.17, 15) is 0 Å². The van der Waals surface area contributed by atoms with Crippen molar-refractivity contribution in [1.29, 1.82) is 0 Å². The van der Waals surface area contributed by atoms with Crippen LogP contribution >= 0.6 is 11.6 Å². The van der Waals surface area contributed by atoms with E-state index < -0.39 is 0 Å². The molecule has 0 saturated carbocycles. The number of rotatable bonds is 3. The third-order valence-corrected chi connectivity index (χ3v) is 4.05. The molecule has 2 atom stereocenters. The van der Waals surface area contributed by atoms with E-state index in [-0.39, 0.29) is 5.38 Å². The van der Waals surface area contributed by atoms with E-state index in [0.29, 0.717) is 5.92 Å². The fourth-order valence-electron chi connectivity index (χ4n) is 2.43. The molecule has 2 aromatic rings. The van der Waals surface area contributed by atoms with Crippen molar-refractivity contribution in [2.45, 2.75) is 18.2 Å². The summed E-state index contributed by atoms with van der Waals surface area (Å²) >= 11 is 6.45. The van der Waals surface area contributed by atoms with E-state index in [1.165, 1.54) is 5.39 Å². The zero-order valence-electron chi connectivity index (χ0n) is 10.2. The van der Waals surface area contributed by atoms with E-state index in [4.69, 9.17) is 16.3 Å². The zero-order valence-corrected chi connectivity index (χ0v) is 10.9. The summed E-state index contributed by atoms with van der Waals surface area (Å²) in [6, 6.07) is 12.4. The highest BCUT2D eigenvalue weighted by atomic mass is 35.5. The summed E-state index contributed by atoms with van der Waals surface area (Å²) in [6.07, 6.45) is 1.89. The third kappa shape index (κ3) is 2.50. The molecule has 2 nitrogen and oxygen atoms in total. The lowest BCUT2D eigenvalue weighted by Gasteiger charge is -2.14. The highest BCUT2D eigenvalue weighted by Crippen LogP contribution is 2.24. The first-order chi connectivity index (χ1) is 8.83. The van der Waals surface area contributed by atoms with Crippen LogP contribution < -0.4 is 0 Å². The Bertz CT molecular complexity index is 537. The van der Waals surface area contributed by atoms with Gasteiger partial charge in [-0.15, -0.1) is 11.6 Å². The molecule has 0 radical (unpaired) electrons. The van der Waals surface area contributed by atoms with Gasteiger partial charge in [-0.1, -0.05) is 24.3 Å². The zero-order chi connectivity index (χ0) is 12.4. The topological polar surface area (TPSA) is 22.1 Å². The van der Waals surface area contributed by atoms with Crippen molar-refractivity contribution >= 4 is 22.5 Å². The lowest BCUT2D eigenvalue weighted by molar-refractivity contribution is 0.185. The lowest BCUT2D eigenvalue weighted by atomic mass is 10.0. The average Bonchev–Trinajstić information content (AvgIpc) is 2.92. The number of halogens is 1. The first kappa shape index (κ1) is 11.9. The fourth-order valence-corrected chi connectivity index (χ4v) is 2.78. The maximum absolute atomic E-state index is 6.45. The predicted molar refractivity (Wildman–Crippen MR) is 74.0 cm³/mol. The van der Waals surface area contributed by atoms with Crippen LogP contribution in [0, 0.1) is 5.92 Å². The number of hydrogen-bond acceptors (Lipinski definition) is 2. The molecule has 2 heterocycles. The van der Waals surface area contributed by atoms with Crippen molar-refractivity contribution in [3.8, 4) is 0 Å². The quantitative estimate of drug-likeness (QED) is 0.790. The molecular formula is C15H16ClNO. The van der Waals surface area contributed by atoms with Crippen LogP contribution in [-0.4, -0.2) is 23.6 Å². The molecule has 1 aromatic carbocycles. The summed E-state index contributed by atoms with van der Waals surface area (Å²) in [4.78, 5) is 4.66. The van der Waals surface area contributed by atoms with Gasteiger partial charge in [0.15, 0.2) is 0 Å². The van der Waals surface area contributed by atoms with Crippen molar-refractivity contribution in [3.63, 3.8) is 0 Å². The smallest absolute Gasteiger partial charge is 0.0705 e. The standard InChI is InChI=1S/C15H16ClNO/c16-14(12-7-8-18-10-12)9-13-6-5-11-3-1-2-4-15(11)17-13/h1-6,12,14H,7-10H2. The second kappa shape index (κ2) is 5.25. The molecule has 1 aromatic heterocycles. The van der Waals surface area contributed by atoms with E-state index >= 15 is 0 Å². The number of fused-ring (bicyclic) bond motifs is 1. The maximum Gasteiger partial charge on any atom is 0.0705 e. The molecule has 0 amide bonds. The minimum Gasteiger partial charge on any atom is -0.381 e. The van der Waals surface area contributed by atoms with Crippen LogP contribution in [0.5, 0.6) is 0 Å². The molecule has 1 fully saturated rings. The molecule has 0 N–H and O–H groups in total. The predicted octanol–water partition coefficient (Wildman–Crippen LogP) is 3.42. The van der Waals surface area contributed by atoms with Gasteiger partial charge in [-0.2, -0.15) is 0 Å². The Kier molecular flexibility index (Phi) is 3.48. The Morgan fingerprint density at radius 1 is 1.28 bits per heavy atom. The van der Waals surface area contributed by atoms with E-state index in [2.05, 4.69) is 23.2 Å². The molecule has 1 aliphatic rings. The van der Waals surface area contributed by atoms with Gasteiger partial charge in [0.05, 0.1) is 12.1 Å². The number of aromatic nitrogens is 1. The van der Waals surface area contributed by atoms with Crippen molar-refractivity contribution in [2.24, 2.45) is 5.92 Å². The van der Waals surface area contributed by atoms with Gasteiger partial charge in [0.1, 0.15) is 0 Å². The van der Waals surface area contributed by atoms with E-state index in [1.807, 2.05) is 18.2 Å². The number of nitrogens with zero attached hydrogens (tertiary/aromatic N) is 1. The minimum absolute atomic E-state index is 0.126.